The predicted molar refractivity (Wildman–Crippen MR) is 133 cm³/mol. The van der Waals surface area contributed by atoms with Crippen LogP contribution in [0.15, 0.2) is 67.0 Å². The summed E-state index contributed by atoms with van der Waals surface area (Å²) in [5, 5.41) is 19.5. The summed E-state index contributed by atoms with van der Waals surface area (Å²) in [6.07, 6.45) is 3.14. The van der Waals surface area contributed by atoms with E-state index in [0.29, 0.717) is 44.6 Å². The second kappa shape index (κ2) is 9.40. The van der Waals surface area contributed by atoms with E-state index in [2.05, 4.69) is 31.8 Å². The minimum Gasteiger partial charge on any atom is -0.456 e. The zero-order chi connectivity index (χ0) is 25.2. The highest BCUT2D eigenvalue weighted by atomic mass is 35.5. The van der Waals surface area contributed by atoms with Gasteiger partial charge in [-0.2, -0.15) is 10.4 Å². The third kappa shape index (κ3) is 4.55. The summed E-state index contributed by atoms with van der Waals surface area (Å²) in [4.78, 5) is 19.7. The number of rotatable bonds is 5. The molecule has 0 saturated heterocycles. The summed E-state index contributed by atoms with van der Waals surface area (Å²) in [5.74, 6) is 0.318. The van der Waals surface area contributed by atoms with Crippen LogP contribution >= 0.6 is 11.6 Å². The predicted octanol–water partition coefficient (Wildman–Crippen LogP) is 6.16. The van der Waals surface area contributed by atoms with E-state index in [9.17, 15) is 9.18 Å². The number of halogens is 2. The molecule has 5 aromatic rings. The Morgan fingerprint density at radius 3 is 2.72 bits per heavy atom. The highest BCUT2D eigenvalue weighted by molar-refractivity contribution is 6.36. The molecular weight excluding hydrogens is 485 g/mol. The third-order valence-electron chi connectivity index (χ3n) is 5.22. The van der Waals surface area contributed by atoms with Crippen molar-refractivity contribution < 1.29 is 13.9 Å². The van der Waals surface area contributed by atoms with Crippen molar-refractivity contribution in [2.45, 2.75) is 6.92 Å². The number of amides is 2. The lowest BCUT2D eigenvalue weighted by atomic mass is 10.2. The number of fused-ring (bicyclic) bond motifs is 1. The quantitative estimate of drug-likeness (QED) is 0.266. The van der Waals surface area contributed by atoms with Crippen LogP contribution in [-0.4, -0.2) is 25.8 Å². The van der Waals surface area contributed by atoms with Gasteiger partial charge < -0.3 is 15.0 Å². The highest BCUT2D eigenvalue weighted by Crippen LogP contribution is 2.34. The number of carbonyl (C=O) groups is 1. The molecule has 178 valence electrons. The van der Waals surface area contributed by atoms with Gasteiger partial charge >= 0.3 is 6.03 Å². The molecule has 9 nitrogen and oxygen atoms in total. The molecule has 3 aromatic heterocycles. The van der Waals surface area contributed by atoms with E-state index in [0.717, 1.165) is 6.07 Å². The molecule has 0 unspecified atom stereocenters. The van der Waals surface area contributed by atoms with Gasteiger partial charge in [-0.3, -0.25) is 5.32 Å². The molecule has 5 rings (SSSR count). The number of anilines is 2. The van der Waals surface area contributed by atoms with Crippen molar-refractivity contribution in [1.82, 2.24) is 19.7 Å². The fourth-order valence-corrected chi connectivity index (χ4v) is 3.83. The van der Waals surface area contributed by atoms with E-state index in [1.807, 2.05) is 0 Å². The average molecular weight is 502 g/mol. The number of aromatic nitrogens is 4. The third-order valence-corrected chi connectivity index (χ3v) is 5.52. The van der Waals surface area contributed by atoms with Crippen LogP contribution < -0.4 is 15.4 Å². The normalized spacial score (nSPS) is 10.7. The summed E-state index contributed by atoms with van der Waals surface area (Å²) in [7, 11) is 0. The molecule has 0 aliphatic carbocycles. The van der Waals surface area contributed by atoms with Crippen molar-refractivity contribution in [1.29, 1.82) is 5.26 Å². The van der Waals surface area contributed by atoms with Crippen LogP contribution in [0.2, 0.25) is 5.02 Å². The molecule has 0 fully saturated rings. The highest BCUT2D eigenvalue weighted by Gasteiger charge is 2.15. The molecule has 0 spiro atoms. The van der Waals surface area contributed by atoms with E-state index < -0.39 is 11.8 Å². The summed E-state index contributed by atoms with van der Waals surface area (Å²) in [6.45, 7) is 1.78. The molecule has 2 amide bonds. The lowest BCUT2D eigenvalue weighted by Crippen LogP contribution is -2.22. The smallest absolute Gasteiger partial charge is 0.324 e. The number of nitrogens with zero attached hydrogens (tertiary/aromatic N) is 4. The number of ether oxygens (including phenoxy) is 1. The van der Waals surface area contributed by atoms with E-state index in [4.69, 9.17) is 21.6 Å². The molecule has 0 bridgehead atoms. The van der Waals surface area contributed by atoms with Crippen molar-refractivity contribution in [3.63, 3.8) is 0 Å². The molecule has 11 heteroatoms. The number of benzene rings is 2. The average Bonchev–Trinajstić information content (AvgIpc) is 3.43. The SMILES string of the molecule is Cc1cc(NC(=O)Nc2ccc(Oc3ccnc4[nH]cc(Cl)c34)cc2F)n(-c2ccc(C#N)cc2)n1. The van der Waals surface area contributed by atoms with Gasteiger partial charge in [-0.05, 0) is 49.4 Å². The Balaban J connectivity index is 1.31. The number of carbonyl (C=O) groups excluding carboxylic acids is 1. The number of hydrogen-bond donors (Lipinski definition) is 3. The van der Waals surface area contributed by atoms with Crippen molar-refractivity contribution in [3.8, 4) is 23.3 Å². The van der Waals surface area contributed by atoms with Gasteiger partial charge in [-0.15, -0.1) is 0 Å². The molecule has 0 saturated carbocycles. The second-order valence-corrected chi connectivity index (χ2v) is 8.14. The number of aryl methyl sites for hydroxylation is 1. The van der Waals surface area contributed by atoms with E-state index in [1.165, 1.54) is 16.8 Å². The lowest BCUT2D eigenvalue weighted by Gasteiger charge is -2.12. The first-order chi connectivity index (χ1) is 17.4. The fourth-order valence-electron chi connectivity index (χ4n) is 3.59. The maximum absolute atomic E-state index is 14.8. The van der Waals surface area contributed by atoms with Gasteiger partial charge in [-0.25, -0.2) is 18.9 Å². The Labute approximate surface area is 209 Å². The zero-order valence-corrected chi connectivity index (χ0v) is 19.5. The molecule has 3 N–H and O–H groups in total. The van der Waals surface area contributed by atoms with Gasteiger partial charge in [0.15, 0.2) is 0 Å². The monoisotopic (exact) mass is 501 g/mol. The molecule has 0 aliphatic rings. The minimum absolute atomic E-state index is 0.0411. The number of nitriles is 1. The van der Waals surface area contributed by atoms with Gasteiger partial charge in [0.1, 0.15) is 28.8 Å². The van der Waals surface area contributed by atoms with Crippen molar-refractivity contribution in [2.75, 3.05) is 10.6 Å². The van der Waals surface area contributed by atoms with Crippen molar-refractivity contribution in [3.05, 3.63) is 89.1 Å². The van der Waals surface area contributed by atoms with Crippen LogP contribution in [0, 0.1) is 24.1 Å². The topological polar surface area (TPSA) is 121 Å². The lowest BCUT2D eigenvalue weighted by molar-refractivity contribution is 0.262. The molecule has 3 heterocycles. The van der Waals surface area contributed by atoms with E-state index >= 15 is 0 Å². The van der Waals surface area contributed by atoms with Crippen LogP contribution in [0.4, 0.5) is 20.7 Å². The molecule has 2 aromatic carbocycles. The number of pyridine rings is 1. The van der Waals surface area contributed by atoms with Gasteiger partial charge in [0, 0.05) is 24.5 Å². The van der Waals surface area contributed by atoms with E-state index in [1.54, 1.807) is 55.7 Å². The molecule has 0 aliphatic heterocycles. The number of H-pyrrole nitrogens is 1. The van der Waals surface area contributed by atoms with Crippen LogP contribution in [0.25, 0.3) is 16.7 Å². The van der Waals surface area contributed by atoms with Gasteiger partial charge in [0.25, 0.3) is 0 Å². The largest absolute Gasteiger partial charge is 0.456 e. The zero-order valence-electron chi connectivity index (χ0n) is 18.7. The first-order valence-corrected chi connectivity index (χ1v) is 11.0. The number of nitrogens with one attached hydrogen (secondary N) is 3. The maximum Gasteiger partial charge on any atom is 0.324 e. The van der Waals surface area contributed by atoms with Gasteiger partial charge in [0.2, 0.25) is 0 Å². The second-order valence-electron chi connectivity index (χ2n) is 7.73. The molecule has 36 heavy (non-hydrogen) atoms. The number of aromatic amines is 1. The summed E-state index contributed by atoms with van der Waals surface area (Å²) >= 11 is 6.19. The number of hydrogen-bond acceptors (Lipinski definition) is 5. The Kier molecular flexibility index (Phi) is 5.98. The summed E-state index contributed by atoms with van der Waals surface area (Å²) in [5.41, 5.74) is 2.32. The van der Waals surface area contributed by atoms with E-state index in [-0.39, 0.29) is 11.4 Å². The molecular formula is C25H17ClFN7O2. The minimum atomic E-state index is -0.690. The van der Waals surface area contributed by atoms with Crippen molar-refractivity contribution >= 4 is 40.2 Å². The fraction of sp³-hybridized carbons (Fsp3) is 0.0400. The standard InChI is InChI=1S/C25H17ClFN7O2/c1-14-10-22(34(33-14)16-4-2-15(12-28)3-5-16)32-25(35)31-20-7-6-17(11-19(20)27)36-21-8-9-29-24-23(21)18(26)13-30-24/h2-11,13H,1H3,(H,29,30)(H2,31,32,35). The van der Waals surface area contributed by atoms with Crippen LogP contribution in [0.3, 0.4) is 0 Å². The van der Waals surface area contributed by atoms with Crippen LogP contribution in [0.5, 0.6) is 11.5 Å². The first-order valence-electron chi connectivity index (χ1n) is 10.7. The van der Waals surface area contributed by atoms with Gasteiger partial charge in [-0.1, -0.05) is 11.6 Å². The Bertz CT molecular complexity index is 1640. The molecule has 0 atom stereocenters. The summed E-state index contributed by atoms with van der Waals surface area (Å²) in [6, 6.07) is 15.5. The first kappa shape index (κ1) is 22.9. The maximum atomic E-state index is 14.8. The van der Waals surface area contributed by atoms with Gasteiger partial charge in [0.05, 0.1) is 39.1 Å². The van der Waals surface area contributed by atoms with Crippen molar-refractivity contribution in [2.24, 2.45) is 0 Å². The Hall–Kier alpha value is -4.88. The summed E-state index contributed by atoms with van der Waals surface area (Å²) < 4.78 is 22.1. The number of urea groups is 1. The van der Waals surface area contributed by atoms with Crippen LogP contribution in [0.1, 0.15) is 11.3 Å². The van der Waals surface area contributed by atoms with Crippen LogP contribution in [-0.2, 0) is 0 Å². The Morgan fingerprint density at radius 1 is 1.17 bits per heavy atom. The molecule has 0 radical (unpaired) electrons. The Morgan fingerprint density at radius 2 is 1.97 bits per heavy atom.